The first-order chi connectivity index (χ1) is 21.2. The molecule has 0 bridgehead atoms. The van der Waals surface area contributed by atoms with Crippen LogP contribution in [0.3, 0.4) is 0 Å². The Hall–Kier alpha value is -4.08. The Kier molecular flexibility index (Phi) is 8.77. The predicted molar refractivity (Wildman–Crippen MR) is 168 cm³/mol. The zero-order valence-electron chi connectivity index (χ0n) is 24.2. The number of alkyl halides is 3. The van der Waals surface area contributed by atoms with Gasteiger partial charge < -0.3 is 15.1 Å². The lowest BCUT2D eigenvalue weighted by molar-refractivity contribution is -0.138. The Labute approximate surface area is 260 Å². The fourth-order valence-electron chi connectivity index (χ4n) is 5.85. The van der Waals surface area contributed by atoms with Crippen molar-refractivity contribution in [1.82, 2.24) is 14.8 Å². The topological polar surface area (TPSA) is 51.7 Å². The molecule has 1 N–H and O–H groups in total. The number of amides is 1. The molecule has 6 rings (SSSR count). The van der Waals surface area contributed by atoms with Gasteiger partial charge in [-0.1, -0.05) is 54.1 Å². The molecule has 0 atom stereocenters. The summed E-state index contributed by atoms with van der Waals surface area (Å²) in [6.45, 7) is 5.16. The Morgan fingerprint density at radius 2 is 1.64 bits per heavy atom. The standard InChI is InChI=1S/C34H33ClF3N5O/c35-29-10-11-30(34(36,37)38)28(20-29)23-43-15-13-39-32-31(43)21-27(22-40-32)25-6-8-26(9-7-25)33(44)42-18-16-41(17-19-42)14-12-24-4-2-1-3-5-24/h1-11,20-22H,12-19,23H2,(H,39,40). The summed E-state index contributed by atoms with van der Waals surface area (Å²) in [7, 11) is 0. The molecular formula is C34H33ClF3N5O. The third kappa shape index (κ3) is 6.84. The van der Waals surface area contributed by atoms with Crippen molar-refractivity contribution >= 4 is 29.0 Å². The molecule has 0 radical (unpaired) electrons. The van der Waals surface area contributed by atoms with Gasteiger partial charge >= 0.3 is 6.18 Å². The Morgan fingerprint density at radius 1 is 0.886 bits per heavy atom. The molecule has 1 fully saturated rings. The van der Waals surface area contributed by atoms with Gasteiger partial charge in [-0.25, -0.2) is 4.98 Å². The fraction of sp³-hybridized carbons (Fsp3) is 0.294. The molecule has 3 aromatic carbocycles. The maximum Gasteiger partial charge on any atom is 0.416 e. The van der Waals surface area contributed by atoms with Gasteiger partial charge in [-0.15, -0.1) is 0 Å². The number of nitrogens with zero attached hydrogens (tertiary/aromatic N) is 4. The number of piperazine rings is 1. The molecule has 4 aromatic rings. The fourth-order valence-corrected chi connectivity index (χ4v) is 6.05. The van der Waals surface area contributed by atoms with Gasteiger partial charge in [-0.2, -0.15) is 13.2 Å². The third-order valence-corrected chi connectivity index (χ3v) is 8.54. The van der Waals surface area contributed by atoms with E-state index in [2.05, 4.69) is 39.5 Å². The van der Waals surface area contributed by atoms with Gasteiger partial charge in [-0.05, 0) is 59.5 Å². The quantitative estimate of drug-likeness (QED) is 0.245. The zero-order valence-corrected chi connectivity index (χ0v) is 24.9. The molecule has 2 aliphatic heterocycles. The van der Waals surface area contributed by atoms with Crippen molar-refractivity contribution in [2.75, 3.05) is 56.0 Å². The van der Waals surface area contributed by atoms with Crippen LogP contribution in [-0.4, -0.2) is 66.5 Å². The average molecular weight is 620 g/mol. The molecule has 0 unspecified atom stereocenters. The summed E-state index contributed by atoms with van der Waals surface area (Å²) < 4.78 is 41.1. The SMILES string of the molecule is O=C(c1ccc(-c2cnc3c(c2)N(Cc2cc(Cl)ccc2C(F)(F)F)CCN3)cc1)N1CCN(CCc2ccccc2)CC1. The van der Waals surface area contributed by atoms with Crippen LogP contribution in [0.4, 0.5) is 24.7 Å². The second kappa shape index (κ2) is 12.9. The second-order valence-electron chi connectivity index (χ2n) is 11.2. The van der Waals surface area contributed by atoms with Gasteiger partial charge in [0.05, 0.1) is 11.3 Å². The van der Waals surface area contributed by atoms with E-state index in [1.165, 1.54) is 17.7 Å². The summed E-state index contributed by atoms with van der Waals surface area (Å²) in [5.41, 5.74) is 3.76. The molecule has 0 aliphatic carbocycles. The summed E-state index contributed by atoms with van der Waals surface area (Å²) in [5, 5.41) is 3.50. The largest absolute Gasteiger partial charge is 0.416 e. The van der Waals surface area contributed by atoms with Crippen molar-refractivity contribution in [1.29, 1.82) is 0 Å². The number of carbonyl (C=O) groups is 1. The molecule has 0 spiro atoms. The Bertz CT molecular complexity index is 1610. The average Bonchev–Trinajstić information content (AvgIpc) is 3.04. The lowest BCUT2D eigenvalue weighted by Crippen LogP contribution is -2.49. The van der Waals surface area contributed by atoms with Crippen molar-refractivity contribution in [2.45, 2.75) is 19.1 Å². The molecule has 1 saturated heterocycles. The van der Waals surface area contributed by atoms with Crippen molar-refractivity contribution < 1.29 is 18.0 Å². The number of halogens is 4. The molecule has 1 amide bonds. The normalized spacial score (nSPS) is 15.5. The van der Waals surface area contributed by atoms with Gasteiger partial charge in [-0.3, -0.25) is 9.69 Å². The maximum absolute atomic E-state index is 13.7. The summed E-state index contributed by atoms with van der Waals surface area (Å²) in [6.07, 6.45) is -1.75. The minimum atomic E-state index is -4.48. The molecule has 1 aromatic heterocycles. The minimum absolute atomic E-state index is 0.0141. The first-order valence-corrected chi connectivity index (χ1v) is 15.1. The van der Waals surface area contributed by atoms with Crippen LogP contribution in [0.15, 0.2) is 85.1 Å². The summed E-state index contributed by atoms with van der Waals surface area (Å²) in [6, 6.07) is 23.5. The number of pyridine rings is 1. The lowest BCUT2D eigenvalue weighted by Gasteiger charge is -2.34. The van der Waals surface area contributed by atoms with E-state index in [4.69, 9.17) is 11.6 Å². The summed E-state index contributed by atoms with van der Waals surface area (Å²) >= 11 is 6.08. The second-order valence-corrected chi connectivity index (χ2v) is 11.6. The minimum Gasteiger partial charge on any atom is -0.367 e. The van der Waals surface area contributed by atoms with Crippen LogP contribution in [0.2, 0.25) is 5.02 Å². The molecule has 2 aliphatic rings. The van der Waals surface area contributed by atoms with Gasteiger partial charge in [0.2, 0.25) is 0 Å². The van der Waals surface area contributed by atoms with Gasteiger partial charge in [0.25, 0.3) is 5.91 Å². The molecule has 3 heterocycles. The zero-order chi connectivity index (χ0) is 30.7. The number of aromatic nitrogens is 1. The highest BCUT2D eigenvalue weighted by Crippen LogP contribution is 2.37. The van der Waals surface area contributed by atoms with Crippen LogP contribution < -0.4 is 10.2 Å². The smallest absolute Gasteiger partial charge is 0.367 e. The number of hydrogen-bond acceptors (Lipinski definition) is 5. The van der Waals surface area contributed by atoms with E-state index < -0.39 is 11.7 Å². The number of rotatable bonds is 7. The Balaban J connectivity index is 1.12. The maximum atomic E-state index is 13.7. The molecule has 44 heavy (non-hydrogen) atoms. The van der Waals surface area contributed by atoms with Gasteiger partial charge in [0.1, 0.15) is 5.82 Å². The molecule has 228 valence electrons. The molecule has 10 heteroatoms. The number of hydrogen-bond donors (Lipinski definition) is 1. The first-order valence-electron chi connectivity index (χ1n) is 14.7. The van der Waals surface area contributed by atoms with Crippen LogP contribution in [-0.2, 0) is 19.1 Å². The number of nitrogens with one attached hydrogen (secondary N) is 1. The van der Waals surface area contributed by atoms with Crippen LogP contribution in [0, 0.1) is 0 Å². The Morgan fingerprint density at radius 3 is 2.36 bits per heavy atom. The van der Waals surface area contributed by atoms with Crippen molar-refractivity contribution in [3.63, 3.8) is 0 Å². The lowest BCUT2D eigenvalue weighted by atomic mass is 10.0. The molecular weight excluding hydrogens is 587 g/mol. The van der Waals surface area contributed by atoms with Crippen LogP contribution in [0.5, 0.6) is 0 Å². The van der Waals surface area contributed by atoms with Crippen LogP contribution >= 0.6 is 11.6 Å². The summed E-state index contributed by atoms with van der Waals surface area (Å²) in [4.78, 5) is 24.0. The number of benzene rings is 3. The monoisotopic (exact) mass is 619 g/mol. The highest BCUT2D eigenvalue weighted by atomic mass is 35.5. The van der Waals surface area contributed by atoms with E-state index >= 15 is 0 Å². The molecule has 0 saturated carbocycles. The van der Waals surface area contributed by atoms with Crippen molar-refractivity contribution in [2.24, 2.45) is 0 Å². The van der Waals surface area contributed by atoms with Gasteiger partial charge in [0.15, 0.2) is 0 Å². The van der Waals surface area contributed by atoms with Gasteiger partial charge in [0, 0.05) is 74.7 Å². The van der Waals surface area contributed by atoms with Crippen molar-refractivity contribution in [3.05, 3.63) is 112 Å². The van der Waals surface area contributed by atoms with Crippen LogP contribution in [0.25, 0.3) is 11.1 Å². The third-order valence-electron chi connectivity index (χ3n) is 8.30. The van der Waals surface area contributed by atoms with E-state index in [0.29, 0.717) is 43.2 Å². The van der Waals surface area contributed by atoms with E-state index in [1.54, 1.807) is 6.20 Å². The number of carbonyl (C=O) groups excluding carboxylic acids is 1. The highest BCUT2D eigenvalue weighted by molar-refractivity contribution is 6.30. The van der Waals surface area contributed by atoms with Crippen LogP contribution in [0.1, 0.15) is 27.0 Å². The number of fused-ring (bicyclic) bond motifs is 1. The van der Waals surface area contributed by atoms with E-state index in [0.717, 1.165) is 43.2 Å². The van der Waals surface area contributed by atoms with Crippen molar-refractivity contribution in [3.8, 4) is 11.1 Å². The van der Waals surface area contributed by atoms with E-state index in [-0.39, 0.29) is 23.0 Å². The number of anilines is 2. The summed E-state index contributed by atoms with van der Waals surface area (Å²) in [5.74, 6) is 0.630. The van der Waals surface area contributed by atoms with E-state index in [9.17, 15) is 18.0 Å². The first kappa shape index (κ1) is 30.0. The predicted octanol–water partition coefficient (Wildman–Crippen LogP) is 6.85. The van der Waals surface area contributed by atoms with E-state index in [1.807, 2.05) is 46.2 Å². The molecule has 6 nitrogen and oxygen atoms in total. The highest BCUT2D eigenvalue weighted by Gasteiger charge is 2.34.